The van der Waals surface area contributed by atoms with Gasteiger partial charge in [0.25, 0.3) is 0 Å². The van der Waals surface area contributed by atoms with Crippen LogP contribution in [0, 0.1) is 11.8 Å². The van der Waals surface area contributed by atoms with Gasteiger partial charge in [-0.2, -0.15) is 8.61 Å². The van der Waals surface area contributed by atoms with E-state index in [0.29, 0.717) is 38.8 Å². The van der Waals surface area contributed by atoms with Crippen LogP contribution in [0.5, 0.6) is 0 Å². The van der Waals surface area contributed by atoms with Gasteiger partial charge < -0.3 is 9.47 Å². The van der Waals surface area contributed by atoms with Crippen LogP contribution >= 0.6 is 0 Å². The standard InChI is InChI=1S/C28H36N2O8S2/c1-3-37-27(31)23-7-5-17-29(19-23)39(33,34)25-13-9-21(10-14-25)22-11-15-26(16-12-22)40(35,36)30-18-6-8-24(20-30)28(32)38-4-2/h9-16,23-24H,3-8,17-20H2,1-2H3. The molecule has 2 aliphatic heterocycles. The van der Waals surface area contributed by atoms with E-state index in [-0.39, 0.29) is 48.0 Å². The van der Waals surface area contributed by atoms with Crippen molar-refractivity contribution in [2.75, 3.05) is 39.4 Å². The van der Waals surface area contributed by atoms with Crippen molar-refractivity contribution in [1.29, 1.82) is 0 Å². The molecule has 2 atom stereocenters. The number of benzene rings is 2. The Labute approximate surface area is 236 Å². The van der Waals surface area contributed by atoms with Crippen molar-refractivity contribution in [1.82, 2.24) is 8.61 Å². The summed E-state index contributed by atoms with van der Waals surface area (Å²) in [5.41, 5.74) is 1.46. The molecule has 4 rings (SSSR count). The van der Waals surface area contributed by atoms with Crippen LogP contribution in [0.1, 0.15) is 39.5 Å². The van der Waals surface area contributed by atoms with Gasteiger partial charge in [0.2, 0.25) is 20.0 Å². The summed E-state index contributed by atoms with van der Waals surface area (Å²) in [5, 5.41) is 0. The van der Waals surface area contributed by atoms with E-state index in [1.807, 2.05) is 0 Å². The first-order chi connectivity index (χ1) is 19.1. The molecular formula is C28H36N2O8S2. The van der Waals surface area contributed by atoms with Crippen LogP contribution in [-0.2, 0) is 39.1 Å². The third-order valence-electron chi connectivity index (χ3n) is 7.33. The van der Waals surface area contributed by atoms with Gasteiger partial charge in [-0.15, -0.1) is 0 Å². The lowest BCUT2D eigenvalue weighted by Crippen LogP contribution is -2.42. The predicted molar refractivity (Wildman–Crippen MR) is 148 cm³/mol. The van der Waals surface area contributed by atoms with Crippen LogP contribution in [-0.4, -0.2) is 76.8 Å². The number of sulfonamides is 2. The fourth-order valence-corrected chi connectivity index (χ4v) is 8.21. The minimum Gasteiger partial charge on any atom is -0.466 e. The Balaban J connectivity index is 1.45. The van der Waals surface area contributed by atoms with E-state index in [2.05, 4.69) is 0 Å². The smallest absolute Gasteiger partial charge is 0.310 e. The molecule has 2 aliphatic rings. The van der Waals surface area contributed by atoms with Gasteiger partial charge in [0.05, 0.1) is 34.8 Å². The van der Waals surface area contributed by atoms with Crippen LogP contribution in [0.4, 0.5) is 0 Å². The van der Waals surface area contributed by atoms with E-state index in [1.54, 1.807) is 38.1 Å². The fraction of sp³-hybridized carbons (Fsp3) is 0.500. The minimum absolute atomic E-state index is 0.0937. The van der Waals surface area contributed by atoms with Crippen LogP contribution < -0.4 is 0 Å². The monoisotopic (exact) mass is 592 g/mol. The maximum atomic E-state index is 13.2. The molecule has 0 aliphatic carbocycles. The largest absolute Gasteiger partial charge is 0.466 e. The fourth-order valence-electron chi connectivity index (χ4n) is 5.16. The maximum absolute atomic E-state index is 13.2. The van der Waals surface area contributed by atoms with E-state index in [9.17, 15) is 26.4 Å². The molecule has 10 nitrogen and oxygen atoms in total. The Morgan fingerprint density at radius 2 is 1.02 bits per heavy atom. The molecule has 2 saturated heterocycles. The van der Waals surface area contributed by atoms with Crippen molar-refractivity contribution in [3.8, 4) is 11.1 Å². The Morgan fingerprint density at radius 1 is 0.675 bits per heavy atom. The van der Waals surface area contributed by atoms with Gasteiger partial charge in [-0.3, -0.25) is 9.59 Å². The first-order valence-corrected chi connectivity index (χ1v) is 16.5. The van der Waals surface area contributed by atoms with Crippen LogP contribution in [0.15, 0.2) is 58.3 Å². The zero-order valence-electron chi connectivity index (χ0n) is 22.8. The van der Waals surface area contributed by atoms with Crippen molar-refractivity contribution in [3.63, 3.8) is 0 Å². The third kappa shape index (κ3) is 6.56. The lowest BCUT2D eigenvalue weighted by Gasteiger charge is -2.30. The molecule has 0 amide bonds. The van der Waals surface area contributed by atoms with E-state index < -0.39 is 31.9 Å². The van der Waals surface area contributed by atoms with Gasteiger partial charge in [-0.25, -0.2) is 16.8 Å². The molecular weight excluding hydrogens is 556 g/mol. The number of hydrogen-bond acceptors (Lipinski definition) is 8. The van der Waals surface area contributed by atoms with Crippen LogP contribution in [0.3, 0.4) is 0 Å². The lowest BCUT2D eigenvalue weighted by atomic mass is 10.0. The molecule has 0 N–H and O–H groups in total. The van der Waals surface area contributed by atoms with E-state index in [0.717, 1.165) is 11.1 Å². The van der Waals surface area contributed by atoms with Crippen molar-refractivity contribution < 1.29 is 35.9 Å². The SMILES string of the molecule is CCOC(=O)C1CCCN(S(=O)(=O)c2ccc(-c3ccc(S(=O)(=O)N4CCCC(C(=O)OCC)C4)cc3)cc2)C1. The Hall–Kier alpha value is -2.80. The van der Waals surface area contributed by atoms with Crippen LogP contribution in [0.2, 0.25) is 0 Å². The summed E-state index contributed by atoms with van der Waals surface area (Å²) in [5.74, 6) is -1.69. The van der Waals surface area contributed by atoms with Crippen LogP contribution in [0.25, 0.3) is 11.1 Å². The molecule has 40 heavy (non-hydrogen) atoms. The average Bonchev–Trinajstić information content (AvgIpc) is 2.97. The Morgan fingerprint density at radius 3 is 1.35 bits per heavy atom. The second kappa shape index (κ2) is 12.8. The molecule has 0 radical (unpaired) electrons. The highest BCUT2D eigenvalue weighted by Crippen LogP contribution is 2.29. The van der Waals surface area contributed by atoms with Gasteiger partial charge >= 0.3 is 11.9 Å². The predicted octanol–water partition coefficient (Wildman–Crippen LogP) is 3.28. The summed E-state index contributed by atoms with van der Waals surface area (Å²) in [4.78, 5) is 24.5. The molecule has 2 aromatic carbocycles. The molecule has 0 saturated carbocycles. The van der Waals surface area contributed by atoms with Gasteiger partial charge in [0.15, 0.2) is 0 Å². The molecule has 0 bridgehead atoms. The summed E-state index contributed by atoms with van der Waals surface area (Å²) in [6.07, 6.45) is 2.35. The lowest BCUT2D eigenvalue weighted by molar-refractivity contribution is -0.150. The van der Waals surface area contributed by atoms with Gasteiger partial charge in [0, 0.05) is 26.2 Å². The van der Waals surface area contributed by atoms with Gasteiger partial charge in [-0.1, -0.05) is 24.3 Å². The summed E-state index contributed by atoms with van der Waals surface area (Å²) in [6, 6.07) is 12.8. The number of piperidine rings is 2. The van der Waals surface area contributed by atoms with Crippen molar-refractivity contribution in [2.24, 2.45) is 11.8 Å². The summed E-state index contributed by atoms with van der Waals surface area (Å²) in [6.45, 7) is 4.82. The van der Waals surface area contributed by atoms with Gasteiger partial charge in [0.1, 0.15) is 0 Å². The Kier molecular flexibility index (Phi) is 9.65. The number of carbonyl (C=O) groups excluding carboxylic acids is 2. The summed E-state index contributed by atoms with van der Waals surface area (Å²) in [7, 11) is -7.58. The number of hydrogen-bond donors (Lipinski definition) is 0. The summed E-state index contributed by atoms with van der Waals surface area (Å²) >= 11 is 0. The molecule has 2 aromatic rings. The molecule has 2 heterocycles. The van der Waals surface area contributed by atoms with Crippen molar-refractivity contribution >= 4 is 32.0 Å². The van der Waals surface area contributed by atoms with E-state index in [1.165, 1.54) is 32.9 Å². The topological polar surface area (TPSA) is 127 Å². The van der Waals surface area contributed by atoms with Crippen molar-refractivity contribution in [3.05, 3.63) is 48.5 Å². The highest BCUT2D eigenvalue weighted by Gasteiger charge is 2.35. The number of rotatable bonds is 9. The summed E-state index contributed by atoms with van der Waals surface area (Å²) < 4.78 is 65.8. The zero-order chi connectivity index (χ0) is 28.9. The molecule has 0 spiro atoms. The van der Waals surface area contributed by atoms with E-state index in [4.69, 9.17) is 9.47 Å². The highest BCUT2D eigenvalue weighted by atomic mass is 32.2. The molecule has 2 fully saturated rings. The first-order valence-electron chi connectivity index (χ1n) is 13.6. The molecule has 218 valence electrons. The first kappa shape index (κ1) is 30.2. The second-order valence-corrected chi connectivity index (χ2v) is 13.8. The number of esters is 2. The Bertz CT molecular complexity index is 1300. The quantitative estimate of drug-likeness (QED) is 0.406. The van der Waals surface area contributed by atoms with Gasteiger partial charge in [-0.05, 0) is 74.9 Å². The minimum atomic E-state index is -3.79. The number of nitrogens with zero attached hydrogens (tertiary/aromatic N) is 2. The maximum Gasteiger partial charge on any atom is 0.310 e. The molecule has 2 unspecified atom stereocenters. The molecule has 0 aromatic heterocycles. The third-order valence-corrected chi connectivity index (χ3v) is 11.1. The highest BCUT2D eigenvalue weighted by molar-refractivity contribution is 7.89. The number of ether oxygens (including phenoxy) is 2. The number of carbonyl (C=O) groups is 2. The molecule has 12 heteroatoms. The second-order valence-electron chi connectivity index (χ2n) is 9.96. The zero-order valence-corrected chi connectivity index (χ0v) is 24.5. The van der Waals surface area contributed by atoms with Crippen molar-refractivity contribution in [2.45, 2.75) is 49.3 Å². The average molecular weight is 593 g/mol. The normalized spacial score (nSPS) is 21.1. The van der Waals surface area contributed by atoms with E-state index >= 15 is 0 Å².